The van der Waals surface area contributed by atoms with Crippen LogP contribution in [0.3, 0.4) is 0 Å². The van der Waals surface area contributed by atoms with Gasteiger partial charge in [-0.3, -0.25) is 0 Å². The fourth-order valence-corrected chi connectivity index (χ4v) is 14.4. The first-order chi connectivity index (χ1) is 13.3. The van der Waals surface area contributed by atoms with Crippen LogP contribution in [0, 0.1) is 0 Å². The number of hydrogen-bond acceptors (Lipinski definition) is 2. The minimum Gasteiger partial charge on any atom is -0.152 e. The van der Waals surface area contributed by atoms with E-state index in [2.05, 4.69) is 48.1 Å². The summed E-state index contributed by atoms with van der Waals surface area (Å²) in [5.74, 6) is 0. The van der Waals surface area contributed by atoms with E-state index in [1.165, 1.54) is 89.1 Å². The van der Waals surface area contributed by atoms with Gasteiger partial charge >= 0.3 is 0 Å². The summed E-state index contributed by atoms with van der Waals surface area (Å²) in [6.45, 7) is 4.63. The maximum Gasteiger partial charge on any atom is 0.133 e. The monoisotopic (exact) mass is 418 g/mol. The Bertz CT molecular complexity index is 611. The molecule has 0 amide bonds. The Hall–Kier alpha value is -0.383. The third-order valence-electron chi connectivity index (χ3n) is 6.44. The molecule has 0 saturated heterocycles. The second-order valence-corrected chi connectivity index (χ2v) is 14.8. The average molecular weight is 419 g/mol. The Morgan fingerprint density at radius 3 is 1.85 bits per heavy atom. The Morgan fingerprint density at radius 1 is 0.667 bits per heavy atom. The first-order valence-electron chi connectivity index (χ1n) is 11.5. The van der Waals surface area contributed by atoms with Crippen molar-refractivity contribution in [2.45, 2.75) is 103 Å². The zero-order valence-electron chi connectivity index (χ0n) is 17.5. The molecule has 2 aromatic heterocycles. The van der Waals surface area contributed by atoms with Crippen LogP contribution in [0.1, 0.15) is 90.9 Å². The van der Waals surface area contributed by atoms with Gasteiger partial charge in [-0.05, 0) is 34.1 Å². The molecule has 0 nitrogen and oxygen atoms in total. The minimum absolute atomic E-state index is 1.35. The number of hydrogen-bond donors (Lipinski definition) is 0. The van der Waals surface area contributed by atoms with Gasteiger partial charge in [-0.2, -0.15) is 11.3 Å². The molecule has 2 aromatic rings. The Morgan fingerprint density at radius 2 is 1.22 bits per heavy atom. The van der Waals surface area contributed by atoms with Crippen LogP contribution in [0.5, 0.6) is 0 Å². The van der Waals surface area contributed by atoms with Crippen molar-refractivity contribution in [3.8, 4) is 10.4 Å². The molecule has 0 spiro atoms. The van der Waals surface area contributed by atoms with Crippen molar-refractivity contribution in [2.75, 3.05) is 0 Å². The van der Waals surface area contributed by atoms with Gasteiger partial charge in [0, 0.05) is 14.9 Å². The van der Waals surface area contributed by atoms with E-state index in [0.29, 0.717) is 0 Å². The zero-order chi connectivity index (χ0) is 19.0. The van der Waals surface area contributed by atoms with E-state index in [9.17, 15) is 0 Å². The van der Waals surface area contributed by atoms with Crippen LogP contribution in [-0.4, -0.2) is 8.07 Å². The Kier molecular flexibility index (Phi) is 8.67. The summed E-state index contributed by atoms with van der Waals surface area (Å²) >= 11 is 4.10. The SMILES string of the molecule is CCCCCCCC[Si]1(CCCCCCCC)c2ccsc2-c2ccsc21. The molecule has 0 saturated carbocycles. The number of thiophene rings is 2. The number of unbranched alkanes of at least 4 members (excludes halogenated alkanes) is 10. The quantitative estimate of drug-likeness (QED) is 0.215. The largest absolute Gasteiger partial charge is 0.152 e. The highest BCUT2D eigenvalue weighted by molar-refractivity contribution is 7.33. The first kappa shape index (κ1) is 21.3. The molecule has 0 unspecified atom stereocenters. The van der Waals surface area contributed by atoms with Crippen LogP contribution in [-0.2, 0) is 0 Å². The van der Waals surface area contributed by atoms with Crippen molar-refractivity contribution >= 4 is 40.4 Å². The van der Waals surface area contributed by atoms with E-state index >= 15 is 0 Å². The normalized spacial score (nSPS) is 14.4. The van der Waals surface area contributed by atoms with Crippen LogP contribution < -0.4 is 9.69 Å². The summed E-state index contributed by atoms with van der Waals surface area (Å²) in [5.41, 5.74) is 1.63. The molecule has 0 radical (unpaired) electrons. The highest BCUT2D eigenvalue weighted by atomic mass is 32.1. The predicted octanol–water partition coefficient (Wildman–Crippen LogP) is 8.07. The molecule has 27 heavy (non-hydrogen) atoms. The lowest BCUT2D eigenvalue weighted by Gasteiger charge is -2.28. The van der Waals surface area contributed by atoms with Crippen LogP contribution in [0.15, 0.2) is 22.9 Å². The molecular formula is C24H38S2Si. The molecule has 0 N–H and O–H groups in total. The molecular weight excluding hydrogens is 380 g/mol. The smallest absolute Gasteiger partial charge is 0.133 e. The van der Waals surface area contributed by atoms with Crippen LogP contribution in [0.4, 0.5) is 0 Å². The lowest BCUT2D eigenvalue weighted by Crippen LogP contribution is -2.53. The predicted molar refractivity (Wildman–Crippen MR) is 129 cm³/mol. The standard InChI is InChI=1S/C24H38S2Si/c1-3-5-7-9-11-13-19-27(20-14-12-10-8-6-4-2)22-16-18-25-23(22)21-15-17-26-24(21)27/h15-18H,3-14,19-20H2,1-2H3. The number of fused-ring (bicyclic) bond motifs is 3. The van der Waals surface area contributed by atoms with E-state index in [0.717, 1.165) is 0 Å². The fourth-order valence-electron chi connectivity index (χ4n) is 4.91. The van der Waals surface area contributed by atoms with E-state index in [-0.39, 0.29) is 0 Å². The van der Waals surface area contributed by atoms with Crippen molar-refractivity contribution in [3.05, 3.63) is 22.9 Å². The van der Waals surface area contributed by atoms with E-state index in [1.807, 2.05) is 21.0 Å². The third-order valence-corrected chi connectivity index (χ3v) is 14.8. The summed E-state index contributed by atoms with van der Waals surface area (Å²) in [7, 11) is -1.48. The summed E-state index contributed by atoms with van der Waals surface area (Å²) in [6.07, 6.45) is 17.1. The van der Waals surface area contributed by atoms with Gasteiger partial charge in [0.05, 0.1) is 0 Å². The molecule has 0 bridgehead atoms. The van der Waals surface area contributed by atoms with E-state index in [4.69, 9.17) is 0 Å². The van der Waals surface area contributed by atoms with Crippen LogP contribution in [0.25, 0.3) is 10.4 Å². The average Bonchev–Trinajstić information content (AvgIpc) is 3.38. The lowest BCUT2D eigenvalue weighted by molar-refractivity contribution is 0.616. The molecule has 150 valence electrons. The van der Waals surface area contributed by atoms with Gasteiger partial charge in [0.2, 0.25) is 0 Å². The summed E-state index contributed by atoms with van der Waals surface area (Å²) in [6, 6.07) is 7.95. The van der Waals surface area contributed by atoms with Crippen molar-refractivity contribution in [3.63, 3.8) is 0 Å². The van der Waals surface area contributed by atoms with Crippen molar-refractivity contribution in [1.82, 2.24) is 0 Å². The maximum absolute atomic E-state index is 2.52. The summed E-state index contributed by atoms with van der Waals surface area (Å²) in [5, 5.41) is 6.56. The zero-order valence-corrected chi connectivity index (χ0v) is 20.2. The molecule has 1 aliphatic heterocycles. The molecule has 3 heteroatoms. The summed E-state index contributed by atoms with van der Waals surface area (Å²) < 4.78 is 1.84. The van der Waals surface area contributed by atoms with E-state index in [1.54, 1.807) is 10.4 Å². The maximum atomic E-state index is 2.52. The molecule has 0 fully saturated rings. The molecule has 3 heterocycles. The second kappa shape index (κ2) is 11.0. The molecule has 0 aromatic carbocycles. The van der Waals surface area contributed by atoms with Gasteiger partial charge in [-0.1, -0.05) is 97.0 Å². The Labute approximate surface area is 176 Å². The first-order valence-corrected chi connectivity index (χ1v) is 15.7. The van der Waals surface area contributed by atoms with Crippen molar-refractivity contribution < 1.29 is 0 Å². The van der Waals surface area contributed by atoms with Crippen LogP contribution in [0.2, 0.25) is 12.1 Å². The van der Waals surface area contributed by atoms with Gasteiger partial charge in [0.15, 0.2) is 0 Å². The molecule has 0 atom stereocenters. The van der Waals surface area contributed by atoms with E-state index < -0.39 is 8.07 Å². The van der Waals surface area contributed by atoms with Gasteiger partial charge in [0.1, 0.15) is 8.07 Å². The third kappa shape index (κ3) is 4.97. The Balaban J connectivity index is 1.65. The molecule has 0 aliphatic carbocycles. The van der Waals surface area contributed by atoms with Gasteiger partial charge < -0.3 is 0 Å². The topological polar surface area (TPSA) is 0 Å². The summed E-state index contributed by atoms with van der Waals surface area (Å²) in [4.78, 5) is 1.65. The van der Waals surface area contributed by atoms with Gasteiger partial charge in [-0.25, -0.2) is 0 Å². The number of rotatable bonds is 14. The molecule has 1 aliphatic rings. The fraction of sp³-hybridized carbons (Fsp3) is 0.667. The molecule has 3 rings (SSSR count). The lowest BCUT2D eigenvalue weighted by atomic mass is 10.1. The van der Waals surface area contributed by atoms with Crippen molar-refractivity contribution in [1.29, 1.82) is 0 Å². The van der Waals surface area contributed by atoms with Crippen LogP contribution >= 0.6 is 22.7 Å². The second-order valence-electron chi connectivity index (χ2n) is 8.44. The van der Waals surface area contributed by atoms with Gasteiger partial charge in [-0.15, -0.1) is 11.3 Å². The van der Waals surface area contributed by atoms with Gasteiger partial charge in [0.25, 0.3) is 0 Å². The minimum atomic E-state index is -1.48. The highest BCUT2D eigenvalue weighted by Gasteiger charge is 2.46. The van der Waals surface area contributed by atoms with Crippen molar-refractivity contribution in [2.24, 2.45) is 0 Å². The highest BCUT2D eigenvalue weighted by Crippen LogP contribution is 2.39.